The Balaban J connectivity index is 1.10. The van der Waals surface area contributed by atoms with Crippen LogP contribution in [0.1, 0.15) is 0 Å². The van der Waals surface area contributed by atoms with Crippen LogP contribution in [0.5, 0.6) is 0 Å². The van der Waals surface area contributed by atoms with E-state index < -0.39 is 0 Å². The Hall–Kier alpha value is -7.56. The Morgan fingerprint density at radius 3 is 1.59 bits per heavy atom. The van der Waals surface area contributed by atoms with Gasteiger partial charge in [0.2, 0.25) is 0 Å². The zero-order valence-electron chi connectivity index (χ0n) is 30.4. The van der Waals surface area contributed by atoms with E-state index in [9.17, 15) is 0 Å². The highest BCUT2D eigenvalue weighted by atomic mass is 15.0. The summed E-state index contributed by atoms with van der Waals surface area (Å²) in [5.74, 6) is 0.688. The number of benzene rings is 8. The van der Waals surface area contributed by atoms with E-state index >= 15 is 0 Å². The molecule has 0 N–H and O–H groups in total. The standard InChI is InChI=1S/C52H34N4/c1-4-15-35(16-5-1)38-19-14-20-39(33-38)46-34-45(36-17-6-2-7-18-36)53-52(54-46)37-27-29-41(30-28-37)56-47-25-12-10-23-42(47)43-31-32-49-50(51(43)56)44-24-11-13-26-48(44)55(49)40-21-8-3-9-22-40/h1-34H. The smallest absolute Gasteiger partial charge is 0.160 e. The number of hydrogen-bond donors (Lipinski definition) is 0. The molecular weight excluding hydrogens is 681 g/mol. The summed E-state index contributed by atoms with van der Waals surface area (Å²) in [6.07, 6.45) is 0. The third-order valence-corrected chi connectivity index (χ3v) is 10.9. The second-order valence-corrected chi connectivity index (χ2v) is 14.2. The van der Waals surface area contributed by atoms with E-state index in [4.69, 9.17) is 9.97 Å². The minimum absolute atomic E-state index is 0.688. The molecule has 0 spiro atoms. The van der Waals surface area contributed by atoms with Crippen molar-refractivity contribution in [3.05, 3.63) is 206 Å². The monoisotopic (exact) mass is 714 g/mol. The predicted molar refractivity (Wildman–Crippen MR) is 232 cm³/mol. The van der Waals surface area contributed by atoms with Gasteiger partial charge in [-0.2, -0.15) is 0 Å². The average Bonchev–Trinajstić information content (AvgIpc) is 3.80. The molecule has 3 heterocycles. The molecular formula is C52H34N4. The van der Waals surface area contributed by atoms with Gasteiger partial charge in [0.1, 0.15) is 0 Å². The first-order valence-electron chi connectivity index (χ1n) is 19.0. The molecule has 0 aliphatic carbocycles. The fraction of sp³-hybridized carbons (Fsp3) is 0. The normalized spacial score (nSPS) is 11.6. The van der Waals surface area contributed by atoms with Gasteiger partial charge in [0.15, 0.2) is 5.82 Å². The lowest BCUT2D eigenvalue weighted by atomic mass is 10.0. The fourth-order valence-electron chi connectivity index (χ4n) is 8.36. The van der Waals surface area contributed by atoms with Crippen LogP contribution in [0.3, 0.4) is 0 Å². The van der Waals surface area contributed by atoms with Crippen LogP contribution in [0, 0.1) is 0 Å². The molecule has 4 heteroatoms. The molecule has 0 radical (unpaired) electrons. The predicted octanol–water partition coefficient (Wildman–Crippen LogP) is 13.3. The molecule has 0 unspecified atom stereocenters. The van der Waals surface area contributed by atoms with E-state index in [2.05, 4.69) is 203 Å². The Morgan fingerprint density at radius 2 is 0.857 bits per heavy atom. The second kappa shape index (κ2) is 13.1. The molecule has 11 rings (SSSR count). The molecule has 0 saturated heterocycles. The van der Waals surface area contributed by atoms with Gasteiger partial charge in [-0.15, -0.1) is 0 Å². The van der Waals surface area contributed by atoms with Crippen LogP contribution in [-0.4, -0.2) is 19.1 Å². The van der Waals surface area contributed by atoms with Crippen LogP contribution in [0.4, 0.5) is 0 Å². The first kappa shape index (κ1) is 31.9. The van der Waals surface area contributed by atoms with Gasteiger partial charge < -0.3 is 9.13 Å². The van der Waals surface area contributed by atoms with Crippen molar-refractivity contribution in [2.24, 2.45) is 0 Å². The molecule has 0 atom stereocenters. The maximum Gasteiger partial charge on any atom is 0.160 e. The summed E-state index contributed by atoms with van der Waals surface area (Å²) in [4.78, 5) is 10.4. The summed E-state index contributed by atoms with van der Waals surface area (Å²) in [7, 11) is 0. The SMILES string of the molecule is c1ccc(-c2cccc(-c3cc(-c4ccccc4)nc(-c4ccc(-n5c6ccccc6c6ccc7c(c8ccccc8n7-c7ccccc7)c65)cc4)n3)c2)cc1. The molecule has 56 heavy (non-hydrogen) atoms. The van der Waals surface area contributed by atoms with E-state index in [1.54, 1.807) is 0 Å². The minimum Gasteiger partial charge on any atom is -0.309 e. The molecule has 0 saturated carbocycles. The summed E-state index contributed by atoms with van der Waals surface area (Å²) in [5.41, 5.74) is 14.1. The molecule has 4 nitrogen and oxygen atoms in total. The van der Waals surface area contributed by atoms with Gasteiger partial charge in [-0.05, 0) is 77.9 Å². The molecule has 3 aromatic heterocycles. The molecule has 0 aliphatic heterocycles. The van der Waals surface area contributed by atoms with Gasteiger partial charge in [-0.3, -0.25) is 0 Å². The zero-order chi connectivity index (χ0) is 37.0. The Morgan fingerprint density at radius 1 is 0.304 bits per heavy atom. The van der Waals surface area contributed by atoms with Gasteiger partial charge in [0.25, 0.3) is 0 Å². The summed E-state index contributed by atoms with van der Waals surface area (Å²) >= 11 is 0. The molecule has 0 amide bonds. The highest BCUT2D eigenvalue weighted by Gasteiger charge is 2.21. The fourth-order valence-corrected chi connectivity index (χ4v) is 8.36. The maximum absolute atomic E-state index is 5.21. The summed E-state index contributed by atoms with van der Waals surface area (Å²) in [6, 6.07) is 73.1. The number of nitrogens with zero attached hydrogens (tertiary/aromatic N) is 4. The van der Waals surface area contributed by atoms with E-state index in [1.165, 1.54) is 49.2 Å². The van der Waals surface area contributed by atoms with Crippen molar-refractivity contribution in [2.75, 3.05) is 0 Å². The van der Waals surface area contributed by atoms with E-state index in [0.717, 1.165) is 45.0 Å². The summed E-state index contributed by atoms with van der Waals surface area (Å²) < 4.78 is 4.82. The van der Waals surface area contributed by atoms with Crippen molar-refractivity contribution in [1.82, 2.24) is 19.1 Å². The summed E-state index contributed by atoms with van der Waals surface area (Å²) in [6.45, 7) is 0. The average molecular weight is 715 g/mol. The van der Waals surface area contributed by atoms with Crippen LogP contribution in [0.2, 0.25) is 0 Å². The molecule has 0 bridgehead atoms. The second-order valence-electron chi connectivity index (χ2n) is 14.2. The Labute approximate surface area is 324 Å². The Bertz CT molecular complexity index is 3220. The first-order valence-corrected chi connectivity index (χ1v) is 19.0. The highest BCUT2D eigenvalue weighted by molar-refractivity contribution is 6.26. The van der Waals surface area contributed by atoms with Crippen molar-refractivity contribution in [1.29, 1.82) is 0 Å². The minimum atomic E-state index is 0.688. The number of aromatic nitrogens is 4. The topological polar surface area (TPSA) is 35.6 Å². The molecule has 0 fully saturated rings. The van der Waals surface area contributed by atoms with Gasteiger partial charge in [-0.25, -0.2) is 9.97 Å². The lowest BCUT2D eigenvalue weighted by molar-refractivity contribution is 1.16. The summed E-state index contributed by atoms with van der Waals surface area (Å²) in [5, 5.41) is 4.93. The van der Waals surface area contributed by atoms with Gasteiger partial charge in [-0.1, -0.05) is 140 Å². The van der Waals surface area contributed by atoms with Crippen molar-refractivity contribution >= 4 is 43.6 Å². The highest BCUT2D eigenvalue weighted by Crippen LogP contribution is 2.42. The molecule has 0 aliphatic rings. The maximum atomic E-state index is 5.21. The van der Waals surface area contributed by atoms with Crippen LogP contribution in [0.25, 0.3) is 100 Å². The lowest BCUT2D eigenvalue weighted by Gasteiger charge is -2.12. The molecule has 8 aromatic carbocycles. The van der Waals surface area contributed by atoms with Crippen LogP contribution in [-0.2, 0) is 0 Å². The van der Waals surface area contributed by atoms with Crippen LogP contribution in [0.15, 0.2) is 206 Å². The third kappa shape index (κ3) is 5.23. The van der Waals surface area contributed by atoms with Crippen molar-refractivity contribution in [2.45, 2.75) is 0 Å². The first-order chi connectivity index (χ1) is 27.8. The largest absolute Gasteiger partial charge is 0.309 e. The number of rotatable bonds is 6. The number of para-hydroxylation sites is 3. The quantitative estimate of drug-likeness (QED) is 0.172. The van der Waals surface area contributed by atoms with Gasteiger partial charge in [0, 0.05) is 49.6 Å². The van der Waals surface area contributed by atoms with E-state index in [-0.39, 0.29) is 0 Å². The van der Waals surface area contributed by atoms with Crippen molar-refractivity contribution in [3.8, 4) is 56.4 Å². The van der Waals surface area contributed by atoms with Crippen molar-refractivity contribution < 1.29 is 0 Å². The van der Waals surface area contributed by atoms with E-state index in [1.807, 2.05) is 12.1 Å². The third-order valence-electron chi connectivity index (χ3n) is 10.9. The molecule has 262 valence electrons. The van der Waals surface area contributed by atoms with Gasteiger partial charge >= 0.3 is 0 Å². The van der Waals surface area contributed by atoms with Crippen LogP contribution < -0.4 is 0 Å². The van der Waals surface area contributed by atoms with Crippen LogP contribution >= 0.6 is 0 Å². The number of hydrogen-bond acceptors (Lipinski definition) is 2. The zero-order valence-corrected chi connectivity index (χ0v) is 30.4. The van der Waals surface area contributed by atoms with Gasteiger partial charge in [0.05, 0.1) is 33.5 Å². The Kier molecular flexibility index (Phi) is 7.46. The number of fused-ring (bicyclic) bond motifs is 7. The molecule has 11 aromatic rings. The lowest BCUT2D eigenvalue weighted by Crippen LogP contribution is -1.98. The van der Waals surface area contributed by atoms with E-state index in [0.29, 0.717) is 5.82 Å². The van der Waals surface area contributed by atoms with Crippen molar-refractivity contribution in [3.63, 3.8) is 0 Å².